The highest BCUT2D eigenvalue weighted by Crippen LogP contribution is 2.69. The molecule has 0 aromatic rings. The lowest BCUT2D eigenvalue weighted by Crippen LogP contribution is -2.62. The maximum atomic E-state index is 12.1. The summed E-state index contributed by atoms with van der Waals surface area (Å²) in [6, 6.07) is 0. The van der Waals surface area contributed by atoms with Crippen molar-refractivity contribution in [1.29, 1.82) is 0 Å². The summed E-state index contributed by atoms with van der Waals surface area (Å²) in [5.74, 6) is 2.44. The summed E-state index contributed by atoms with van der Waals surface area (Å²) >= 11 is 0. The molecule has 4 fully saturated rings. The minimum atomic E-state index is -3.51. The van der Waals surface area contributed by atoms with Crippen molar-refractivity contribution in [3.63, 3.8) is 0 Å². The zero-order chi connectivity index (χ0) is 25.1. The van der Waals surface area contributed by atoms with Gasteiger partial charge in [0.25, 0.3) is 0 Å². The van der Waals surface area contributed by atoms with Gasteiger partial charge in [0.05, 0.1) is 18.5 Å². The molecule has 5 unspecified atom stereocenters. The van der Waals surface area contributed by atoms with Crippen LogP contribution in [0.3, 0.4) is 0 Å². The lowest BCUT2D eigenvalue weighted by atomic mass is 9.41. The van der Waals surface area contributed by atoms with Crippen LogP contribution in [0.15, 0.2) is 0 Å². The molecular formula is C27H47NO5S. The Hall–Kier alpha value is -0.660. The summed E-state index contributed by atoms with van der Waals surface area (Å²) in [6.07, 6.45) is 9.78. The number of carbonyl (C=O) groups excluding carboxylic acids is 1. The summed E-state index contributed by atoms with van der Waals surface area (Å²) in [5.41, 5.74) is 0.364. The van der Waals surface area contributed by atoms with E-state index in [0.717, 1.165) is 57.6 Å². The molecule has 34 heavy (non-hydrogen) atoms. The molecule has 7 heteroatoms. The van der Waals surface area contributed by atoms with E-state index in [9.17, 15) is 23.4 Å². The number of aliphatic hydroxyl groups is 2. The van der Waals surface area contributed by atoms with E-state index in [0.29, 0.717) is 41.9 Å². The van der Waals surface area contributed by atoms with E-state index >= 15 is 0 Å². The van der Waals surface area contributed by atoms with Gasteiger partial charge in [0.2, 0.25) is 15.9 Å². The Balaban J connectivity index is 1.52. The predicted molar refractivity (Wildman–Crippen MR) is 133 cm³/mol. The number of nitrogens with one attached hydrogen (secondary N) is 1. The average molecular weight is 498 g/mol. The van der Waals surface area contributed by atoms with Crippen LogP contribution in [-0.4, -0.2) is 43.0 Å². The van der Waals surface area contributed by atoms with Gasteiger partial charge in [-0.2, -0.15) is 0 Å². The number of sulfonamides is 1. The number of aliphatic hydroxyl groups excluding tert-OH is 2. The maximum Gasteiger partial charge on any atom is 0.233 e. The highest BCUT2D eigenvalue weighted by atomic mass is 32.2. The molecule has 0 aromatic heterocycles. The zero-order valence-electron chi connectivity index (χ0n) is 21.8. The molecule has 4 aliphatic rings. The Morgan fingerprint density at radius 1 is 1.03 bits per heavy atom. The van der Waals surface area contributed by atoms with Crippen molar-refractivity contribution in [2.45, 2.75) is 104 Å². The van der Waals surface area contributed by atoms with Gasteiger partial charge in [0, 0.05) is 6.42 Å². The molecule has 4 saturated carbocycles. The monoisotopic (exact) mass is 497 g/mol. The van der Waals surface area contributed by atoms with Crippen molar-refractivity contribution in [2.24, 2.45) is 52.3 Å². The molecule has 1 amide bonds. The van der Waals surface area contributed by atoms with E-state index in [-0.39, 0.29) is 35.4 Å². The van der Waals surface area contributed by atoms with E-state index < -0.39 is 15.9 Å². The van der Waals surface area contributed by atoms with Crippen LogP contribution >= 0.6 is 0 Å². The minimum absolute atomic E-state index is 0.157. The maximum absolute atomic E-state index is 12.1. The molecule has 0 spiro atoms. The van der Waals surface area contributed by atoms with Gasteiger partial charge in [0.15, 0.2) is 0 Å². The molecule has 196 valence electrons. The van der Waals surface area contributed by atoms with Gasteiger partial charge in [-0.15, -0.1) is 0 Å². The molecule has 0 bridgehead atoms. The third-order valence-electron chi connectivity index (χ3n) is 11.3. The van der Waals surface area contributed by atoms with Crippen molar-refractivity contribution >= 4 is 15.9 Å². The van der Waals surface area contributed by atoms with Gasteiger partial charge in [-0.25, -0.2) is 8.42 Å². The van der Waals surface area contributed by atoms with Gasteiger partial charge in [-0.1, -0.05) is 34.1 Å². The van der Waals surface area contributed by atoms with Gasteiger partial charge < -0.3 is 10.2 Å². The quantitative estimate of drug-likeness (QED) is 0.512. The molecule has 4 rings (SSSR count). The minimum Gasteiger partial charge on any atom is -0.393 e. The Kier molecular flexibility index (Phi) is 7.25. The first-order valence-corrected chi connectivity index (χ1v) is 15.6. The molecule has 6 nitrogen and oxygen atoms in total. The molecule has 0 aliphatic heterocycles. The molecule has 11 atom stereocenters. The first-order chi connectivity index (χ1) is 15.8. The van der Waals surface area contributed by atoms with Crippen LogP contribution in [0.5, 0.6) is 0 Å². The average Bonchev–Trinajstić information content (AvgIpc) is 3.09. The van der Waals surface area contributed by atoms with Crippen molar-refractivity contribution < 1.29 is 23.4 Å². The highest BCUT2D eigenvalue weighted by Gasteiger charge is 2.64. The van der Waals surface area contributed by atoms with Crippen LogP contribution in [0.25, 0.3) is 0 Å². The highest BCUT2D eigenvalue weighted by molar-refractivity contribution is 7.89. The Labute approximate surface area is 206 Å². The zero-order valence-corrected chi connectivity index (χ0v) is 22.6. The number of rotatable bonds is 6. The molecular weight excluding hydrogens is 450 g/mol. The van der Waals surface area contributed by atoms with E-state index in [2.05, 4.69) is 32.4 Å². The molecule has 0 saturated heterocycles. The predicted octanol–water partition coefficient (Wildman–Crippen LogP) is 4.11. The van der Waals surface area contributed by atoms with Crippen molar-refractivity contribution in [3.05, 3.63) is 0 Å². The summed E-state index contributed by atoms with van der Waals surface area (Å²) in [5, 5.41) is 22.2. The number of hydrogen-bond acceptors (Lipinski definition) is 5. The second kappa shape index (κ2) is 9.33. The normalized spacial score (nSPS) is 47.3. The largest absolute Gasteiger partial charge is 0.393 e. The lowest BCUT2D eigenvalue weighted by molar-refractivity contribution is -0.203. The molecule has 0 heterocycles. The number of fused-ring (bicyclic) bond motifs is 5. The van der Waals surface area contributed by atoms with Gasteiger partial charge in [-0.3, -0.25) is 9.52 Å². The smallest absolute Gasteiger partial charge is 0.233 e. The van der Waals surface area contributed by atoms with Gasteiger partial charge >= 0.3 is 0 Å². The first kappa shape index (κ1) is 26.4. The SMILES string of the molecule is CC[C@H]1C(O)C2C3CCC([C@H](C)CCC(=O)NS(C)(=O)=O)[C@@]3(C)CCC2[C@@]2(C)CC[C@@H](O)C[C@@H]12. The van der Waals surface area contributed by atoms with Gasteiger partial charge in [0.1, 0.15) is 0 Å². The number of carbonyl (C=O) groups is 1. The molecule has 0 aromatic carbocycles. The summed E-state index contributed by atoms with van der Waals surface area (Å²) in [6.45, 7) is 9.34. The second-order valence-corrected chi connectivity index (χ2v) is 14.7. The summed E-state index contributed by atoms with van der Waals surface area (Å²) < 4.78 is 24.8. The Bertz CT molecular complexity index is 876. The fourth-order valence-electron chi connectivity index (χ4n) is 9.75. The topological polar surface area (TPSA) is 104 Å². The Morgan fingerprint density at radius 2 is 1.68 bits per heavy atom. The van der Waals surface area contributed by atoms with E-state index in [1.807, 2.05) is 0 Å². The van der Waals surface area contributed by atoms with Crippen LogP contribution in [-0.2, 0) is 14.8 Å². The molecule has 3 N–H and O–H groups in total. The van der Waals surface area contributed by atoms with Crippen molar-refractivity contribution in [1.82, 2.24) is 4.72 Å². The third kappa shape index (κ3) is 4.47. The van der Waals surface area contributed by atoms with Crippen molar-refractivity contribution in [2.75, 3.05) is 6.26 Å². The fourth-order valence-corrected chi connectivity index (χ4v) is 10.3. The second-order valence-electron chi connectivity index (χ2n) is 12.9. The van der Waals surface area contributed by atoms with Crippen LogP contribution in [0, 0.1) is 52.3 Å². The van der Waals surface area contributed by atoms with E-state index in [1.165, 1.54) is 0 Å². The number of amides is 1. The first-order valence-electron chi connectivity index (χ1n) is 13.7. The van der Waals surface area contributed by atoms with E-state index in [4.69, 9.17) is 0 Å². The number of hydrogen-bond donors (Lipinski definition) is 3. The van der Waals surface area contributed by atoms with Crippen LogP contribution in [0.2, 0.25) is 0 Å². The Morgan fingerprint density at radius 3 is 2.32 bits per heavy atom. The van der Waals surface area contributed by atoms with Crippen LogP contribution in [0.4, 0.5) is 0 Å². The van der Waals surface area contributed by atoms with E-state index in [1.54, 1.807) is 0 Å². The summed E-state index contributed by atoms with van der Waals surface area (Å²) in [7, 11) is -3.51. The third-order valence-corrected chi connectivity index (χ3v) is 11.9. The standard InChI is InChI=1S/C27H47NO5S/c1-6-18-22-15-17(29)11-13-27(22,4)21-12-14-26(3)19(8-9-20(26)24(21)25(18)31)16(2)7-10-23(30)28-34(5,32)33/h16-22,24-25,29,31H,6-15H2,1-5H3,(H,28,30)/t16-,17-,18-,19?,20?,21?,22+,24?,25?,26-,27-/m1/s1. The van der Waals surface area contributed by atoms with Crippen LogP contribution < -0.4 is 4.72 Å². The molecule has 0 radical (unpaired) electrons. The molecule has 4 aliphatic carbocycles. The van der Waals surface area contributed by atoms with Crippen LogP contribution in [0.1, 0.15) is 91.9 Å². The summed E-state index contributed by atoms with van der Waals surface area (Å²) in [4.78, 5) is 12.1. The van der Waals surface area contributed by atoms with Crippen molar-refractivity contribution in [3.8, 4) is 0 Å². The van der Waals surface area contributed by atoms with Gasteiger partial charge in [-0.05, 0) is 104 Å². The lowest BCUT2D eigenvalue weighted by Gasteiger charge is -2.64. The fraction of sp³-hybridized carbons (Fsp3) is 0.963.